The number of ether oxygens (including phenoxy) is 1. The van der Waals surface area contributed by atoms with E-state index in [1.165, 1.54) is 12.7 Å². The third-order valence-electron chi connectivity index (χ3n) is 14.0. The number of carbonyl (C=O) groups is 2. The smallest absolute Gasteiger partial charge is 0.322 e. The molecule has 0 bridgehead atoms. The molecule has 0 aromatic rings. The van der Waals surface area contributed by atoms with Crippen LogP contribution >= 0.6 is 0 Å². The Hall–Kier alpha value is -1.40. The van der Waals surface area contributed by atoms with Gasteiger partial charge >= 0.3 is 11.9 Å². The highest BCUT2D eigenvalue weighted by Gasteiger charge is 2.69. The summed E-state index contributed by atoms with van der Waals surface area (Å²) in [6.45, 7) is 17.0. The highest BCUT2D eigenvalue weighted by molar-refractivity contribution is 5.76. The predicted molar refractivity (Wildman–Crippen MR) is 151 cm³/mol. The van der Waals surface area contributed by atoms with Crippen molar-refractivity contribution in [3.63, 3.8) is 0 Å². The van der Waals surface area contributed by atoms with Crippen molar-refractivity contribution in [1.82, 2.24) is 5.48 Å². The molecular weight excluding hydrogens is 490 g/mol. The molecule has 0 aliphatic heterocycles. The number of hydroxylamine groups is 1. The maximum absolute atomic E-state index is 12.9. The molecule has 6 nitrogen and oxygen atoms in total. The van der Waals surface area contributed by atoms with Crippen LogP contribution in [0.15, 0.2) is 11.6 Å². The van der Waals surface area contributed by atoms with Gasteiger partial charge in [0.2, 0.25) is 0 Å². The predicted octanol–water partition coefficient (Wildman–Crippen LogP) is 6.79. The fraction of sp³-hybridized carbons (Fsp3) is 0.879. The molecule has 4 fully saturated rings. The molecule has 220 valence electrons. The van der Waals surface area contributed by atoms with E-state index in [4.69, 9.17) is 9.57 Å². The van der Waals surface area contributed by atoms with Crippen LogP contribution in [0.2, 0.25) is 0 Å². The van der Waals surface area contributed by atoms with Gasteiger partial charge in [-0.15, -0.1) is 0 Å². The van der Waals surface area contributed by atoms with Crippen LogP contribution < -0.4 is 5.48 Å². The fourth-order valence-electron chi connectivity index (χ4n) is 11.4. The lowest BCUT2D eigenvalue weighted by molar-refractivity contribution is -0.214. The number of carboxylic acids is 1. The van der Waals surface area contributed by atoms with E-state index in [9.17, 15) is 14.7 Å². The molecule has 0 aromatic carbocycles. The highest BCUT2D eigenvalue weighted by Crippen LogP contribution is 2.75. The molecule has 0 radical (unpaired) electrons. The van der Waals surface area contributed by atoms with E-state index in [2.05, 4.69) is 60.0 Å². The average molecular weight is 544 g/mol. The summed E-state index contributed by atoms with van der Waals surface area (Å²) in [6.07, 6.45) is 11.4. The van der Waals surface area contributed by atoms with Crippen molar-refractivity contribution in [3.8, 4) is 0 Å². The first-order valence-electron chi connectivity index (χ1n) is 15.6. The van der Waals surface area contributed by atoms with E-state index in [1.54, 1.807) is 0 Å². The summed E-state index contributed by atoms with van der Waals surface area (Å²) < 4.78 is 6.04. The van der Waals surface area contributed by atoms with Crippen LogP contribution in [-0.2, 0) is 19.2 Å². The Morgan fingerprint density at radius 3 is 2.36 bits per heavy atom. The van der Waals surface area contributed by atoms with Gasteiger partial charge in [-0.05, 0) is 104 Å². The number of carbonyl (C=O) groups excluding carboxylic acids is 1. The lowest BCUT2D eigenvalue weighted by Crippen LogP contribution is -2.65. The Balaban J connectivity index is 1.49. The summed E-state index contributed by atoms with van der Waals surface area (Å²) in [4.78, 5) is 30.3. The molecular formula is C33H53NO5. The first-order valence-corrected chi connectivity index (χ1v) is 15.6. The standard InChI is InChI=1S/C33H53NO5/c1-20-11-16-33(28(36)37)18-17-31(6)22(27(33)21(20)2)9-10-24-30(5)14-13-25(39-26(35)19-34-38-8)29(3,4)23(30)12-15-32(24,31)7/h9,20-21,23-25,27,34H,10-19H2,1-8H3,(H,36,37)/t20-,21+,23?,24?,25+,27?,30+,31-,32-,33+/m1/s1. The molecule has 5 rings (SSSR count). The summed E-state index contributed by atoms with van der Waals surface area (Å²) in [5, 5.41) is 10.6. The normalized spacial score (nSPS) is 48.5. The largest absolute Gasteiger partial charge is 0.481 e. The van der Waals surface area contributed by atoms with Crippen LogP contribution in [0.5, 0.6) is 0 Å². The van der Waals surface area contributed by atoms with Crippen molar-refractivity contribution >= 4 is 11.9 Å². The molecule has 0 amide bonds. The van der Waals surface area contributed by atoms with Crippen LogP contribution in [-0.4, -0.2) is 36.8 Å². The summed E-state index contributed by atoms with van der Waals surface area (Å²) in [5.74, 6) is 1.29. The summed E-state index contributed by atoms with van der Waals surface area (Å²) in [6, 6.07) is 0. The Bertz CT molecular complexity index is 1040. The van der Waals surface area contributed by atoms with Gasteiger partial charge in [0.25, 0.3) is 0 Å². The number of aliphatic carboxylic acids is 1. The van der Waals surface area contributed by atoms with Crippen LogP contribution in [0.3, 0.4) is 0 Å². The van der Waals surface area contributed by atoms with Crippen molar-refractivity contribution in [2.75, 3.05) is 13.7 Å². The summed E-state index contributed by atoms with van der Waals surface area (Å²) in [7, 11) is 1.51. The van der Waals surface area contributed by atoms with Gasteiger partial charge in [0, 0.05) is 5.41 Å². The van der Waals surface area contributed by atoms with E-state index in [-0.39, 0.29) is 46.2 Å². The number of allylic oxidation sites excluding steroid dienone is 2. The SMILES string of the molecule is CONCC(=O)O[C@H]1CC[C@@]2(C)C(CC[C@]3(C)C2CC=C2C4[C@@H](C)[C@H](C)CC[C@]4(C(=O)O)CC[C@]23C)C1(C)C. The Kier molecular flexibility index (Phi) is 7.15. The van der Waals surface area contributed by atoms with Crippen molar-refractivity contribution in [2.45, 2.75) is 112 Å². The zero-order valence-corrected chi connectivity index (χ0v) is 25.7. The first kappa shape index (κ1) is 29.1. The van der Waals surface area contributed by atoms with Gasteiger partial charge in [0.1, 0.15) is 12.6 Å². The number of nitrogens with one attached hydrogen (secondary N) is 1. The number of hydrogen-bond acceptors (Lipinski definition) is 5. The molecule has 10 atom stereocenters. The van der Waals surface area contributed by atoms with Crippen molar-refractivity contribution in [2.24, 2.45) is 56.7 Å². The summed E-state index contributed by atoms with van der Waals surface area (Å²) >= 11 is 0. The van der Waals surface area contributed by atoms with Gasteiger partial charge in [0.15, 0.2) is 0 Å². The Labute approximate surface area is 236 Å². The number of esters is 1. The van der Waals surface area contributed by atoms with Gasteiger partial charge in [-0.25, -0.2) is 0 Å². The topological polar surface area (TPSA) is 84.9 Å². The molecule has 2 N–H and O–H groups in total. The minimum Gasteiger partial charge on any atom is -0.481 e. The minimum absolute atomic E-state index is 0.0259. The van der Waals surface area contributed by atoms with E-state index in [1.807, 2.05) is 0 Å². The minimum atomic E-state index is -0.594. The molecule has 6 heteroatoms. The van der Waals surface area contributed by atoms with Crippen LogP contribution in [0.25, 0.3) is 0 Å². The third-order valence-corrected chi connectivity index (χ3v) is 14.0. The third kappa shape index (κ3) is 3.93. The average Bonchev–Trinajstić information content (AvgIpc) is 2.87. The second-order valence-electron chi connectivity index (χ2n) is 15.5. The highest BCUT2D eigenvalue weighted by atomic mass is 16.6. The second kappa shape index (κ2) is 9.58. The molecule has 0 spiro atoms. The maximum atomic E-state index is 12.9. The molecule has 0 aromatic heterocycles. The van der Waals surface area contributed by atoms with Crippen LogP contribution in [0.1, 0.15) is 106 Å². The van der Waals surface area contributed by atoms with Gasteiger partial charge in [-0.2, -0.15) is 5.48 Å². The van der Waals surface area contributed by atoms with Crippen molar-refractivity contribution in [1.29, 1.82) is 0 Å². The van der Waals surface area contributed by atoms with Gasteiger partial charge < -0.3 is 14.7 Å². The van der Waals surface area contributed by atoms with Gasteiger partial charge in [0.05, 0.1) is 12.5 Å². The van der Waals surface area contributed by atoms with E-state index >= 15 is 0 Å². The maximum Gasteiger partial charge on any atom is 0.322 e. The quantitative estimate of drug-likeness (QED) is 0.226. The van der Waals surface area contributed by atoms with E-state index in [0.29, 0.717) is 23.7 Å². The Morgan fingerprint density at radius 2 is 1.69 bits per heavy atom. The van der Waals surface area contributed by atoms with E-state index in [0.717, 1.165) is 57.8 Å². The Morgan fingerprint density at radius 1 is 0.974 bits per heavy atom. The fourth-order valence-corrected chi connectivity index (χ4v) is 11.4. The lowest BCUT2D eigenvalue weighted by Gasteiger charge is -2.71. The van der Waals surface area contributed by atoms with Gasteiger partial charge in [-0.3, -0.25) is 9.59 Å². The number of fused-ring (bicyclic) bond motifs is 7. The van der Waals surface area contributed by atoms with E-state index < -0.39 is 11.4 Å². The number of rotatable bonds is 5. The molecule has 3 unspecified atom stereocenters. The number of hydrogen-bond donors (Lipinski definition) is 2. The molecule has 39 heavy (non-hydrogen) atoms. The second-order valence-corrected chi connectivity index (χ2v) is 15.5. The van der Waals surface area contributed by atoms with Crippen LogP contribution in [0.4, 0.5) is 0 Å². The molecule has 0 heterocycles. The van der Waals surface area contributed by atoms with Crippen LogP contribution in [0, 0.1) is 56.7 Å². The molecule has 5 aliphatic carbocycles. The van der Waals surface area contributed by atoms with Crippen molar-refractivity contribution in [3.05, 3.63) is 11.6 Å². The molecule has 0 saturated heterocycles. The van der Waals surface area contributed by atoms with Gasteiger partial charge in [-0.1, -0.05) is 60.1 Å². The lowest BCUT2D eigenvalue weighted by atomic mass is 9.33. The monoisotopic (exact) mass is 543 g/mol. The number of carboxylic acid groups (broad SMARTS) is 1. The first-order chi connectivity index (χ1) is 18.2. The molecule has 5 aliphatic rings. The van der Waals surface area contributed by atoms with Crippen molar-refractivity contribution < 1.29 is 24.3 Å². The molecule has 4 saturated carbocycles. The summed E-state index contributed by atoms with van der Waals surface area (Å²) in [5.41, 5.74) is 3.72. The zero-order valence-electron chi connectivity index (χ0n) is 25.7. The zero-order chi connectivity index (χ0) is 28.6.